The van der Waals surface area contributed by atoms with Crippen molar-refractivity contribution < 1.29 is 8.42 Å². The monoisotopic (exact) mass is 402 g/mol. The van der Waals surface area contributed by atoms with Gasteiger partial charge in [-0.25, -0.2) is 13.4 Å². The third kappa shape index (κ3) is 4.00. The second-order valence-corrected chi connectivity index (χ2v) is 9.33. The van der Waals surface area contributed by atoms with Gasteiger partial charge < -0.3 is 0 Å². The summed E-state index contributed by atoms with van der Waals surface area (Å²) < 4.78 is 25.6. The Morgan fingerprint density at radius 2 is 1.24 bits per heavy atom. The van der Waals surface area contributed by atoms with E-state index in [9.17, 15) is 8.42 Å². The lowest BCUT2D eigenvalue weighted by Crippen LogP contribution is -1.99. The summed E-state index contributed by atoms with van der Waals surface area (Å²) in [4.78, 5) is 5.21. The van der Waals surface area contributed by atoms with Crippen LogP contribution in [0.5, 0.6) is 0 Å². The summed E-state index contributed by atoms with van der Waals surface area (Å²) in [7, 11) is -3.24. The molecule has 0 radical (unpaired) electrons. The van der Waals surface area contributed by atoms with Crippen molar-refractivity contribution in [3.05, 3.63) is 90.1 Å². The average molecular weight is 403 g/mol. The van der Waals surface area contributed by atoms with Crippen molar-refractivity contribution in [2.45, 2.75) is 18.7 Å². The Morgan fingerprint density at radius 3 is 1.76 bits per heavy atom. The van der Waals surface area contributed by atoms with Gasteiger partial charge in [0.1, 0.15) is 5.82 Å². The molecule has 146 valence electrons. The van der Waals surface area contributed by atoms with Crippen LogP contribution in [-0.2, 0) is 9.84 Å². The van der Waals surface area contributed by atoms with Crippen LogP contribution in [0.15, 0.2) is 83.9 Å². The maximum atomic E-state index is 11.8. The van der Waals surface area contributed by atoms with Gasteiger partial charge in [-0.1, -0.05) is 59.7 Å². The predicted octanol–water partition coefficient (Wildman–Crippen LogP) is 5.23. The lowest BCUT2D eigenvalue weighted by molar-refractivity contribution is 0.602. The van der Waals surface area contributed by atoms with Gasteiger partial charge >= 0.3 is 0 Å². The Kier molecular flexibility index (Phi) is 4.84. The molecule has 5 heteroatoms. The maximum absolute atomic E-state index is 11.8. The van der Waals surface area contributed by atoms with Crippen molar-refractivity contribution in [3.8, 4) is 28.3 Å². The highest BCUT2D eigenvalue weighted by atomic mass is 32.2. The first-order chi connectivity index (χ1) is 13.8. The van der Waals surface area contributed by atoms with Crippen molar-refractivity contribution in [2.24, 2.45) is 0 Å². The molecular weight excluding hydrogens is 380 g/mol. The number of nitrogens with zero attached hydrogens (tertiary/aromatic N) is 2. The molecular formula is C24H22N2O2S. The van der Waals surface area contributed by atoms with Gasteiger partial charge in [0.2, 0.25) is 0 Å². The average Bonchev–Trinajstić information content (AvgIpc) is 3.14. The molecule has 0 aliphatic carbocycles. The molecule has 0 atom stereocenters. The highest BCUT2D eigenvalue weighted by Crippen LogP contribution is 2.28. The van der Waals surface area contributed by atoms with E-state index in [1.54, 1.807) is 12.1 Å². The number of benzene rings is 3. The summed E-state index contributed by atoms with van der Waals surface area (Å²) in [6.45, 7) is 4.11. The van der Waals surface area contributed by atoms with Crippen LogP contribution in [0, 0.1) is 13.8 Å². The number of sulfone groups is 1. The summed E-state index contributed by atoms with van der Waals surface area (Å²) in [6.07, 6.45) is 3.21. The van der Waals surface area contributed by atoms with Gasteiger partial charge in [-0.15, -0.1) is 0 Å². The molecule has 0 aliphatic heterocycles. The van der Waals surface area contributed by atoms with E-state index < -0.39 is 9.84 Å². The number of hydrogen-bond acceptors (Lipinski definition) is 3. The van der Waals surface area contributed by atoms with Gasteiger partial charge in [-0.05, 0) is 38.1 Å². The summed E-state index contributed by atoms with van der Waals surface area (Å²) in [6, 6.07) is 23.4. The molecule has 0 bridgehead atoms. The van der Waals surface area contributed by atoms with E-state index in [-0.39, 0.29) is 0 Å². The standard InChI is InChI=1S/C24H22N2O2S/c1-17-4-8-19(9-5-17)23-16-26(21-12-14-22(15-13-21)29(3,27)28)24(25-23)20-10-6-18(2)7-11-20/h4-16H,1-3H3. The van der Waals surface area contributed by atoms with Crippen LogP contribution in [0.25, 0.3) is 28.3 Å². The molecule has 1 aromatic heterocycles. The molecule has 0 saturated heterocycles. The topological polar surface area (TPSA) is 52.0 Å². The second-order valence-electron chi connectivity index (χ2n) is 7.32. The number of rotatable bonds is 4. The molecule has 4 aromatic rings. The summed E-state index contributed by atoms with van der Waals surface area (Å²) in [5.74, 6) is 0.813. The van der Waals surface area contributed by atoms with Crippen molar-refractivity contribution in [3.63, 3.8) is 0 Å². The van der Waals surface area contributed by atoms with Crippen LogP contribution in [0.1, 0.15) is 11.1 Å². The predicted molar refractivity (Wildman–Crippen MR) is 117 cm³/mol. The first kappa shape index (κ1) is 19.2. The largest absolute Gasteiger partial charge is 0.299 e. The van der Waals surface area contributed by atoms with Crippen LogP contribution in [0.3, 0.4) is 0 Å². The van der Waals surface area contributed by atoms with Gasteiger partial charge in [-0.3, -0.25) is 4.57 Å². The Bertz CT molecular complexity index is 1250. The first-order valence-corrected chi connectivity index (χ1v) is 11.2. The van der Waals surface area contributed by atoms with E-state index in [0.29, 0.717) is 4.90 Å². The Hall–Kier alpha value is -3.18. The Labute approximate surface area is 171 Å². The number of aryl methyl sites for hydroxylation is 2. The van der Waals surface area contributed by atoms with E-state index in [1.165, 1.54) is 17.4 Å². The van der Waals surface area contributed by atoms with Crippen molar-refractivity contribution in [1.29, 1.82) is 0 Å². The molecule has 0 aliphatic rings. The van der Waals surface area contributed by atoms with Gasteiger partial charge in [0.05, 0.1) is 10.6 Å². The molecule has 0 fully saturated rings. The lowest BCUT2D eigenvalue weighted by atomic mass is 10.1. The molecule has 3 aromatic carbocycles. The minimum absolute atomic E-state index is 0.303. The lowest BCUT2D eigenvalue weighted by Gasteiger charge is -2.09. The zero-order valence-electron chi connectivity index (χ0n) is 16.6. The SMILES string of the molecule is Cc1ccc(-c2cn(-c3ccc(S(C)(=O)=O)cc3)c(-c3ccc(C)cc3)n2)cc1. The van der Waals surface area contributed by atoms with Crippen molar-refractivity contribution in [1.82, 2.24) is 9.55 Å². The van der Waals surface area contributed by atoms with E-state index in [2.05, 4.69) is 62.4 Å². The molecule has 0 saturated carbocycles. The number of aromatic nitrogens is 2. The Balaban J connectivity index is 1.86. The molecule has 4 nitrogen and oxygen atoms in total. The van der Waals surface area contributed by atoms with Crippen LogP contribution >= 0.6 is 0 Å². The van der Waals surface area contributed by atoms with Crippen LogP contribution in [-0.4, -0.2) is 24.2 Å². The highest BCUT2D eigenvalue weighted by Gasteiger charge is 2.14. The van der Waals surface area contributed by atoms with E-state index >= 15 is 0 Å². The van der Waals surface area contributed by atoms with Crippen molar-refractivity contribution in [2.75, 3.05) is 6.26 Å². The second kappa shape index (κ2) is 7.33. The van der Waals surface area contributed by atoms with Crippen molar-refractivity contribution >= 4 is 9.84 Å². The molecule has 0 spiro atoms. The maximum Gasteiger partial charge on any atom is 0.175 e. The smallest absolute Gasteiger partial charge is 0.175 e. The van der Waals surface area contributed by atoms with E-state index in [1.807, 2.05) is 22.9 Å². The molecule has 0 N–H and O–H groups in total. The number of imidazole rings is 1. The third-order valence-electron chi connectivity index (χ3n) is 4.91. The van der Waals surface area contributed by atoms with Gasteiger partial charge in [0.25, 0.3) is 0 Å². The third-order valence-corrected chi connectivity index (χ3v) is 6.03. The van der Waals surface area contributed by atoms with Crippen LogP contribution in [0.2, 0.25) is 0 Å². The van der Waals surface area contributed by atoms with Crippen LogP contribution in [0.4, 0.5) is 0 Å². The zero-order valence-corrected chi connectivity index (χ0v) is 17.4. The van der Waals surface area contributed by atoms with Gasteiger partial charge in [0.15, 0.2) is 9.84 Å². The summed E-state index contributed by atoms with van der Waals surface area (Å²) in [5, 5.41) is 0. The number of hydrogen-bond donors (Lipinski definition) is 0. The van der Waals surface area contributed by atoms with E-state index in [0.717, 1.165) is 28.3 Å². The fraction of sp³-hybridized carbons (Fsp3) is 0.125. The fourth-order valence-corrected chi connectivity index (χ4v) is 3.83. The Morgan fingerprint density at radius 1 is 0.724 bits per heavy atom. The first-order valence-electron chi connectivity index (χ1n) is 9.35. The normalized spacial score (nSPS) is 11.6. The highest BCUT2D eigenvalue weighted by molar-refractivity contribution is 7.90. The quantitative estimate of drug-likeness (QED) is 0.470. The van der Waals surface area contributed by atoms with E-state index in [4.69, 9.17) is 4.98 Å². The molecule has 0 amide bonds. The molecule has 0 unspecified atom stereocenters. The van der Waals surface area contributed by atoms with Gasteiger partial charge in [0, 0.05) is 29.3 Å². The zero-order chi connectivity index (χ0) is 20.6. The van der Waals surface area contributed by atoms with Gasteiger partial charge in [-0.2, -0.15) is 0 Å². The summed E-state index contributed by atoms with van der Waals surface area (Å²) in [5.41, 5.74) is 6.15. The molecule has 1 heterocycles. The van der Waals surface area contributed by atoms with Crippen LogP contribution < -0.4 is 0 Å². The minimum Gasteiger partial charge on any atom is -0.299 e. The summed E-state index contributed by atoms with van der Waals surface area (Å²) >= 11 is 0. The fourth-order valence-electron chi connectivity index (χ4n) is 3.20. The molecule has 4 rings (SSSR count). The molecule has 29 heavy (non-hydrogen) atoms. The minimum atomic E-state index is -3.24.